The molecule has 0 aliphatic heterocycles. The number of rotatable bonds is 1. The van der Waals surface area contributed by atoms with Crippen LogP contribution in [0, 0.1) is 12.3 Å². The molecule has 2 heterocycles. The molecule has 2 aromatic rings. The maximum Gasteiger partial charge on any atom is 0.166 e. The molecule has 92 valence electrons. The Morgan fingerprint density at radius 2 is 1.94 bits per heavy atom. The number of aryl methyl sites for hydroxylation is 1. The normalized spacial score (nSPS) is 14.2. The van der Waals surface area contributed by atoms with Crippen molar-refractivity contribution < 1.29 is 0 Å². The Morgan fingerprint density at radius 1 is 1.29 bits per heavy atom. The van der Waals surface area contributed by atoms with E-state index in [9.17, 15) is 0 Å². The summed E-state index contributed by atoms with van der Waals surface area (Å²) in [6.07, 6.45) is 1.80. The highest BCUT2D eigenvalue weighted by molar-refractivity contribution is 5.81. The molecule has 0 radical (unpaired) electrons. The van der Waals surface area contributed by atoms with Gasteiger partial charge in [0.25, 0.3) is 0 Å². The first-order valence-electron chi connectivity index (χ1n) is 5.77. The molecule has 2 N–H and O–H groups in total. The van der Waals surface area contributed by atoms with E-state index in [1.54, 1.807) is 6.33 Å². The van der Waals surface area contributed by atoms with E-state index in [-0.39, 0.29) is 5.41 Å². The highest BCUT2D eigenvalue weighted by Gasteiger charge is 2.24. The Labute approximate surface area is 101 Å². The van der Waals surface area contributed by atoms with Crippen molar-refractivity contribution in [2.45, 2.75) is 40.7 Å². The number of nitrogens with two attached hydrogens (primary N) is 1. The molecule has 0 amide bonds. The van der Waals surface area contributed by atoms with Crippen molar-refractivity contribution in [2.75, 3.05) is 5.73 Å². The molecule has 0 saturated heterocycles. The molecular formula is C12H19N5. The molecule has 0 spiro atoms. The molecule has 0 aromatic carbocycles. The third-order valence-corrected chi connectivity index (χ3v) is 3.23. The first-order valence-corrected chi connectivity index (χ1v) is 5.77. The van der Waals surface area contributed by atoms with E-state index in [1.165, 1.54) is 0 Å². The average Bonchev–Trinajstić information content (AvgIpc) is 2.58. The highest BCUT2D eigenvalue weighted by Crippen LogP contribution is 2.32. The molecule has 0 unspecified atom stereocenters. The predicted octanol–water partition coefficient (Wildman–Crippen LogP) is 2.32. The molecule has 0 aliphatic rings. The van der Waals surface area contributed by atoms with Gasteiger partial charge in [-0.3, -0.25) is 0 Å². The molecule has 17 heavy (non-hydrogen) atoms. The zero-order valence-corrected chi connectivity index (χ0v) is 11.0. The Bertz CT molecular complexity index is 550. The Hall–Kier alpha value is -1.65. The zero-order valence-electron chi connectivity index (χ0n) is 11.0. The van der Waals surface area contributed by atoms with E-state index >= 15 is 0 Å². The van der Waals surface area contributed by atoms with Gasteiger partial charge in [0.1, 0.15) is 11.3 Å². The molecule has 5 nitrogen and oxygen atoms in total. The third kappa shape index (κ3) is 1.97. The SMILES string of the molecule is Cc1nc(N)c2ncn([C@H](C)C(C)(C)C)c2n1. The monoisotopic (exact) mass is 233 g/mol. The molecule has 1 atom stereocenters. The second kappa shape index (κ2) is 3.68. The van der Waals surface area contributed by atoms with E-state index in [0.29, 0.717) is 23.2 Å². The van der Waals surface area contributed by atoms with Crippen LogP contribution in [0.5, 0.6) is 0 Å². The quantitative estimate of drug-likeness (QED) is 0.820. The largest absolute Gasteiger partial charge is 0.382 e. The smallest absolute Gasteiger partial charge is 0.166 e. The molecule has 0 bridgehead atoms. The van der Waals surface area contributed by atoms with E-state index in [1.807, 2.05) is 6.92 Å². The van der Waals surface area contributed by atoms with Crippen LogP contribution in [0.15, 0.2) is 6.33 Å². The van der Waals surface area contributed by atoms with Crippen molar-refractivity contribution >= 4 is 17.0 Å². The van der Waals surface area contributed by atoms with Crippen LogP contribution in [0.4, 0.5) is 5.82 Å². The number of hydrogen-bond donors (Lipinski definition) is 1. The van der Waals surface area contributed by atoms with Crippen LogP contribution >= 0.6 is 0 Å². The van der Waals surface area contributed by atoms with Gasteiger partial charge in [0, 0.05) is 6.04 Å². The Kier molecular flexibility index (Phi) is 2.56. The van der Waals surface area contributed by atoms with Gasteiger partial charge in [-0.2, -0.15) is 0 Å². The maximum absolute atomic E-state index is 5.85. The van der Waals surface area contributed by atoms with Gasteiger partial charge in [-0.15, -0.1) is 0 Å². The van der Waals surface area contributed by atoms with Gasteiger partial charge in [-0.05, 0) is 19.3 Å². The van der Waals surface area contributed by atoms with Gasteiger partial charge in [0.15, 0.2) is 11.5 Å². The van der Waals surface area contributed by atoms with Crippen molar-refractivity contribution in [3.05, 3.63) is 12.2 Å². The standard InChI is InChI=1S/C12H19N5/c1-7(12(3,4)5)17-6-14-9-10(13)15-8(2)16-11(9)17/h6-7H,1-5H3,(H2,13,15,16)/t7-/m1/s1. The third-order valence-electron chi connectivity index (χ3n) is 3.23. The molecule has 2 aromatic heterocycles. The number of fused-ring (bicyclic) bond motifs is 1. The fourth-order valence-electron chi connectivity index (χ4n) is 1.75. The van der Waals surface area contributed by atoms with E-state index in [0.717, 1.165) is 5.65 Å². The van der Waals surface area contributed by atoms with Gasteiger partial charge in [-0.25, -0.2) is 15.0 Å². The van der Waals surface area contributed by atoms with Crippen LogP contribution in [-0.2, 0) is 0 Å². The van der Waals surface area contributed by atoms with Crippen LogP contribution in [0.1, 0.15) is 39.6 Å². The summed E-state index contributed by atoms with van der Waals surface area (Å²) in [4.78, 5) is 12.9. The summed E-state index contributed by atoms with van der Waals surface area (Å²) in [5, 5.41) is 0. The number of nitrogens with zero attached hydrogens (tertiary/aromatic N) is 4. The fraction of sp³-hybridized carbons (Fsp3) is 0.583. The summed E-state index contributed by atoms with van der Waals surface area (Å²) in [6.45, 7) is 10.6. The topological polar surface area (TPSA) is 69.6 Å². The van der Waals surface area contributed by atoms with Gasteiger partial charge < -0.3 is 10.3 Å². The second-order valence-electron chi connectivity index (χ2n) is 5.52. The van der Waals surface area contributed by atoms with Gasteiger partial charge in [-0.1, -0.05) is 20.8 Å². The van der Waals surface area contributed by atoms with E-state index in [4.69, 9.17) is 5.73 Å². The van der Waals surface area contributed by atoms with E-state index < -0.39 is 0 Å². The number of imidazole rings is 1. The van der Waals surface area contributed by atoms with Crippen LogP contribution in [0.2, 0.25) is 0 Å². The lowest BCUT2D eigenvalue weighted by Gasteiger charge is -2.28. The van der Waals surface area contributed by atoms with Crippen molar-refractivity contribution in [2.24, 2.45) is 5.41 Å². The lowest BCUT2D eigenvalue weighted by molar-refractivity contribution is 0.266. The molecule has 0 saturated carbocycles. The predicted molar refractivity (Wildman–Crippen MR) is 68.6 cm³/mol. The molecule has 2 rings (SSSR count). The molecule has 0 aliphatic carbocycles. The van der Waals surface area contributed by atoms with Crippen molar-refractivity contribution in [1.82, 2.24) is 19.5 Å². The lowest BCUT2D eigenvalue weighted by atomic mass is 9.88. The number of nitrogen functional groups attached to an aromatic ring is 1. The highest BCUT2D eigenvalue weighted by atomic mass is 15.2. The number of anilines is 1. The molecular weight excluding hydrogens is 214 g/mol. The summed E-state index contributed by atoms with van der Waals surface area (Å²) in [5.74, 6) is 1.13. The molecule has 5 heteroatoms. The minimum Gasteiger partial charge on any atom is -0.382 e. The first-order chi connectivity index (χ1) is 7.80. The fourth-order valence-corrected chi connectivity index (χ4v) is 1.75. The Balaban J connectivity index is 2.64. The van der Waals surface area contributed by atoms with Crippen LogP contribution in [-0.4, -0.2) is 19.5 Å². The van der Waals surface area contributed by atoms with Crippen LogP contribution < -0.4 is 5.73 Å². The number of hydrogen-bond acceptors (Lipinski definition) is 4. The Morgan fingerprint density at radius 3 is 2.53 bits per heavy atom. The summed E-state index contributed by atoms with van der Waals surface area (Å²) in [7, 11) is 0. The average molecular weight is 233 g/mol. The van der Waals surface area contributed by atoms with Crippen molar-refractivity contribution in [1.29, 1.82) is 0 Å². The van der Waals surface area contributed by atoms with Gasteiger partial charge in [0.05, 0.1) is 6.33 Å². The zero-order chi connectivity index (χ0) is 12.8. The molecule has 0 fully saturated rings. The first kappa shape index (κ1) is 11.8. The van der Waals surface area contributed by atoms with Gasteiger partial charge in [0.2, 0.25) is 0 Å². The van der Waals surface area contributed by atoms with Gasteiger partial charge >= 0.3 is 0 Å². The second-order valence-corrected chi connectivity index (χ2v) is 5.52. The van der Waals surface area contributed by atoms with Crippen molar-refractivity contribution in [3.63, 3.8) is 0 Å². The van der Waals surface area contributed by atoms with Crippen LogP contribution in [0.25, 0.3) is 11.2 Å². The summed E-state index contributed by atoms with van der Waals surface area (Å²) in [5.41, 5.74) is 7.50. The minimum atomic E-state index is 0.140. The van der Waals surface area contributed by atoms with Crippen molar-refractivity contribution in [3.8, 4) is 0 Å². The number of aromatic nitrogens is 4. The van der Waals surface area contributed by atoms with E-state index in [2.05, 4.69) is 47.2 Å². The summed E-state index contributed by atoms with van der Waals surface area (Å²) < 4.78 is 2.07. The minimum absolute atomic E-state index is 0.140. The van der Waals surface area contributed by atoms with Crippen LogP contribution in [0.3, 0.4) is 0 Å². The summed E-state index contributed by atoms with van der Waals surface area (Å²) in [6, 6.07) is 0.293. The summed E-state index contributed by atoms with van der Waals surface area (Å²) >= 11 is 0. The maximum atomic E-state index is 5.85. The lowest BCUT2D eigenvalue weighted by Crippen LogP contribution is -2.21.